The number of nitro benzene ring substituents is 1. The minimum Gasteiger partial charge on any atom is -0.463 e. The molecule has 0 saturated heterocycles. The van der Waals surface area contributed by atoms with E-state index in [-0.39, 0.29) is 40.0 Å². The van der Waals surface area contributed by atoms with Gasteiger partial charge in [0.2, 0.25) is 0 Å². The molecule has 4 aromatic carbocycles. The smallest absolute Gasteiger partial charge is 0.339 e. The molecule has 6 rings (SSSR count). The Morgan fingerprint density at radius 1 is 0.980 bits per heavy atom. The molecule has 0 unspecified atom stereocenters. The monoisotopic (exact) mass is 709 g/mol. The Morgan fingerprint density at radius 3 is 2.24 bits per heavy atom. The molecule has 11 nitrogen and oxygen atoms in total. The number of esters is 1. The quantitative estimate of drug-likeness (QED) is 0.0773. The van der Waals surface area contributed by atoms with E-state index >= 15 is 0 Å². The van der Waals surface area contributed by atoms with Crippen LogP contribution < -0.4 is 19.1 Å². The van der Waals surface area contributed by atoms with Crippen LogP contribution in [0.2, 0.25) is 0 Å². The second kappa shape index (κ2) is 14.1. The molecule has 2 heterocycles. The van der Waals surface area contributed by atoms with E-state index in [0.717, 1.165) is 35.4 Å². The van der Waals surface area contributed by atoms with E-state index in [0.29, 0.717) is 26.2 Å². The lowest BCUT2D eigenvalue weighted by Crippen LogP contribution is -2.40. The van der Waals surface area contributed by atoms with Gasteiger partial charge in [-0.05, 0) is 59.9 Å². The van der Waals surface area contributed by atoms with E-state index in [2.05, 4.69) is 13.8 Å². The number of rotatable bonds is 10. The molecule has 0 bridgehead atoms. The number of hydrogen-bond donors (Lipinski definition) is 0. The molecule has 254 valence electrons. The minimum absolute atomic E-state index is 0.0124. The molecule has 0 radical (unpaired) electrons. The van der Waals surface area contributed by atoms with Crippen LogP contribution in [-0.2, 0) is 19.6 Å². The Kier molecular flexibility index (Phi) is 9.62. The Labute approximate surface area is 291 Å². The molecule has 1 aromatic heterocycles. The maximum Gasteiger partial charge on any atom is 0.339 e. The van der Waals surface area contributed by atoms with Crippen molar-refractivity contribution >= 4 is 44.9 Å². The fraction of sp³-hybridized carbons (Fsp3) is 0.162. The molecular weight excluding hydrogens is 679 g/mol. The van der Waals surface area contributed by atoms with Crippen molar-refractivity contribution < 1.29 is 27.1 Å². The van der Waals surface area contributed by atoms with Gasteiger partial charge < -0.3 is 8.92 Å². The van der Waals surface area contributed by atoms with Gasteiger partial charge in [0.1, 0.15) is 10.6 Å². The topological polar surface area (TPSA) is 147 Å². The molecule has 1 atom stereocenters. The van der Waals surface area contributed by atoms with E-state index in [1.54, 1.807) is 25.1 Å². The fourth-order valence-corrected chi connectivity index (χ4v) is 7.43. The molecule has 50 heavy (non-hydrogen) atoms. The lowest BCUT2D eigenvalue weighted by atomic mass is 9.91. The molecule has 0 spiro atoms. The maximum absolute atomic E-state index is 14.2. The van der Waals surface area contributed by atoms with Crippen molar-refractivity contribution in [2.45, 2.75) is 37.6 Å². The van der Waals surface area contributed by atoms with Crippen LogP contribution in [0.3, 0.4) is 0 Å². The number of hydrogen-bond acceptors (Lipinski definition) is 10. The third-order valence-corrected chi connectivity index (χ3v) is 10.3. The Bertz CT molecular complexity index is 2400. The second-order valence-electron chi connectivity index (χ2n) is 11.6. The number of non-ortho nitro benzene ring substituents is 1. The molecule has 5 aromatic rings. The molecule has 0 N–H and O–H groups in total. The van der Waals surface area contributed by atoms with E-state index in [4.69, 9.17) is 13.9 Å². The van der Waals surface area contributed by atoms with Crippen molar-refractivity contribution in [1.82, 2.24) is 4.57 Å². The summed E-state index contributed by atoms with van der Waals surface area (Å²) in [5, 5.41) is 10.9. The Morgan fingerprint density at radius 2 is 1.64 bits per heavy atom. The number of ether oxygens (including phenoxy) is 1. The first-order valence-electron chi connectivity index (χ1n) is 15.6. The van der Waals surface area contributed by atoms with Crippen LogP contribution in [0.1, 0.15) is 55.0 Å². The summed E-state index contributed by atoms with van der Waals surface area (Å²) < 4.78 is 38.2. The van der Waals surface area contributed by atoms with Crippen molar-refractivity contribution in [2.75, 3.05) is 6.61 Å². The largest absolute Gasteiger partial charge is 0.463 e. The zero-order chi connectivity index (χ0) is 35.6. The Balaban J connectivity index is 1.42. The van der Waals surface area contributed by atoms with Gasteiger partial charge in [-0.15, -0.1) is 0 Å². The van der Waals surface area contributed by atoms with Gasteiger partial charge in [0.25, 0.3) is 11.2 Å². The molecule has 1 aliphatic rings. The van der Waals surface area contributed by atoms with Crippen LogP contribution in [0, 0.1) is 10.1 Å². The number of nitro groups is 1. The van der Waals surface area contributed by atoms with Crippen molar-refractivity contribution in [3.63, 3.8) is 0 Å². The van der Waals surface area contributed by atoms with Gasteiger partial charge in [0, 0.05) is 17.7 Å². The number of nitrogens with zero attached hydrogens (tertiary/aromatic N) is 3. The van der Waals surface area contributed by atoms with Gasteiger partial charge in [-0.25, -0.2) is 9.79 Å². The normalized spacial score (nSPS) is 14.6. The summed E-state index contributed by atoms with van der Waals surface area (Å²) in [6, 6.07) is 26.8. The fourth-order valence-electron chi connectivity index (χ4n) is 5.50. The van der Waals surface area contributed by atoms with Crippen LogP contribution in [0.4, 0.5) is 5.69 Å². The lowest BCUT2D eigenvalue weighted by Gasteiger charge is -2.26. The average molecular weight is 710 g/mol. The SMILES string of the molecule is CCOC(=O)C1=C(c2ccccc2)N=c2s/c(=C\c3ccc(OS(=O)(=O)c4ccc([N+](=O)[O-])cc4)cc3)c(=O)n2[C@@H]1c1ccc(C(C)C)cc1. The predicted octanol–water partition coefficient (Wildman–Crippen LogP) is 5.73. The molecule has 1 aliphatic heterocycles. The second-order valence-corrected chi connectivity index (χ2v) is 14.2. The number of thiazole rings is 1. The molecule has 0 saturated carbocycles. The number of carbonyl (C=O) groups is 1. The van der Waals surface area contributed by atoms with Gasteiger partial charge in [-0.3, -0.25) is 19.5 Å². The first kappa shape index (κ1) is 34.2. The number of benzene rings is 4. The Hall–Kier alpha value is -5.66. The molecular formula is C37H31N3O8S2. The van der Waals surface area contributed by atoms with Crippen LogP contribution in [0.15, 0.2) is 123 Å². The minimum atomic E-state index is -4.26. The third-order valence-electron chi connectivity index (χ3n) is 8.01. The number of aromatic nitrogens is 1. The number of fused-ring (bicyclic) bond motifs is 1. The van der Waals surface area contributed by atoms with E-state index < -0.39 is 27.1 Å². The highest BCUT2D eigenvalue weighted by Crippen LogP contribution is 2.35. The highest BCUT2D eigenvalue weighted by atomic mass is 32.2. The van der Waals surface area contributed by atoms with Crippen molar-refractivity contribution in [2.24, 2.45) is 4.99 Å². The van der Waals surface area contributed by atoms with Crippen LogP contribution >= 0.6 is 11.3 Å². The first-order valence-corrected chi connectivity index (χ1v) is 17.9. The van der Waals surface area contributed by atoms with Crippen LogP contribution in [-0.4, -0.2) is 30.5 Å². The summed E-state index contributed by atoms with van der Waals surface area (Å²) in [6.45, 7) is 6.05. The van der Waals surface area contributed by atoms with E-state index in [1.807, 2.05) is 54.6 Å². The van der Waals surface area contributed by atoms with Crippen LogP contribution in [0.5, 0.6) is 5.75 Å². The zero-order valence-electron chi connectivity index (χ0n) is 27.2. The first-order chi connectivity index (χ1) is 24.0. The summed E-state index contributed by atoms with van der Waals surface area (Å²) >= 11 is 1.17. The summed E-state index contributed by atoms with van der Waals surface area (Å²) in [5.74, 6) is -0.273. The molecule has 0 amide bonds. The lowest BCUT2D eigenvalue weighted by molar-refractivity contribution is -0.384. The van der Waals surface area contributed by atoms with Gasteiger partial charge in [-0.1, -0.05) is 91.9 Å². The van der Waals surface area contributed by atoms with Crippen molar-refractivity contribution in [3.05, 3.63) is 161 Å². The molecule has 0 fully saturated rings. The highest BCUT2D eigenvalue weighted by molar-refractivity contribution is 7.87. The molecule has 13 heteroatoms. The summed E-state index contributed by atoms with van der Waals surface area (Å²) in [4.78, 5) is 43.2. The molecule has 0 aliphatic carbocycles. The van der Waals surface area contributed by atoms with E-state index in [9.17, 15) is 28.1 Å². The highest BCUT2D eigenvalue weighted by Gasteiger charge is 2.35. The zero-order valence-corrected chi connectivity index (χ0v) is 28.8. The van der Waals surface area contributed by atoms with Gasteiger partial charge in [-0.2, -0.15) is 8.42 Å². The predicted molar refractivity (Wildman–Crippen MR) is 189 cm³/mol. The number of carbonyl (C=O) groups excluding carboxylic acids is 1. The van der Waals surface area contributed by atoms with Gasteiger partial charge in [0.05, 0.1) is 33.4 Å². The van der Waals surface area contributed by atoms with Gasteiger partial charge in [0.15, 0.2) is 4.80 Å². The maximum atomic E-state index is 14.2. The third kappa shape index (κ3) is 6.91. The summed E-state index contributed by atoms with van der Waals surface area (Å²) in [6.07, 6.45) is 1.66. The standard InChI is InChI=1S/C37H31N3O8S2/c1-4-47-36(42)32-33(26-8-6-5-7-9-26)38-37-39(34(32)27-14-12-25(13-15-27)23(2)3)35(41)31(49-37)22-24-10-18-29(19-11-24)48-50(45,46)30-20-16-28(17-21-30)40(43)44/h5-23,34H,4H2,1-3H3/b31-22-/t34-/m1/s1. The van der Waals surface area contributed by atoms with Crippen molar-refractivity contribution in [1.29, 1.82) is 0 Å². The van der Waals surface area contributed by atoms with Gasteiger partial charge >= 0.3 is 16.1 Å². The summed E-state index contributed by atoms with van der Waals surface area (Å²) in [7, 11) is -4.26. The average Bonchev–Trinajstić information content (AvgIpc) is 3.42. The summed E-state index contributed by atoms with van der Waals surface area (Å²) in [5.41, 5.74) is 3.19. The van der Waals surface area contributed by atoms with Crippen LogP contribution in [0.25, 0.3) is 11.8 Å². The van der Waals surface area contributed by atoms with Crippen molar-refractivity contribution in [3.8, 4) is 5.75 Å². The van der Waals surface area contributed by atoms with E-state index in [1.165, 1.54) is 28.0 Å².